The summed E-state index contributed by atoms with van der Waals surface area (Å²) in [6.07, 6.45) is 0. The third-order valence-electron chi connectivity index (χ3n) is 1.85. The highest BCUT2D eigenvalue weighted by molar-refractivity contribution is 5.80. The number of rotatable bonds is 4. The number of aromatic amines is 1. The molecule has 0 aliphatic heterocycles. The molecule has 2 rings (SSSR count). The number of H-pyrrole nitrogens is 1. The number of hydrogen-bond acceptors (Lipinski definition) is 4. The number of nitrogens with zero attached hydrogens (tertiary/aromatic N) is 2. The fourth-order valence-corrected chi connectivity index (χ4v) is 1.19. The highest BCUT2D eigenvalue weighted by Crippen LogP contribution is 2.20. The van der Waals surface area contributed by atoms with E-state index in [2.05, 4.69) is 15.4 Å². The zero-order chi connectivity index (χ0) is 9.80. The van der Waals surface area contributed by atoms with Crippen LogP contribution in [-0.4, -0.2) is 35.7 Å². The van der Waals surface area contributed by atoms with Crippen LogP contribution in [0, 0.1) is 0 Å². The van der Waals surface area contributed by atoms with Crippen molar-refractivity contribution in [2.45, 2.75) is 0 Å². The van der Waals surface area contributed by atoms with Crippen molar-refractivity contribution in [1.82, 2.24) is 15.4 Å². The molecule has 1 heterocycles. The lowest BCUT2D eigenvalue weighted by molar-refractivity contribution is 0.147. The molecule has 5 heteroatoms. The molecule has 0 aliphatic carbocycles. The summed E-state index contributed by atoms with van der Waals surface area (Å²) in [6, 6.07) is 5.62. The molecule has 0 fully saturated rings. The first kappa shape index (κ1) is 8.96. The Balaban J connectivity index is 2.19. The van der Waals surface area contributed by atoms with Gasteiger partial charge in [-0.15, -0.1) is 0 Å². The Hall–Kier alpha value is -1.62. The van der Waals surface area contributed by atoms with Gasteiger partial charge in [-0.2, -0.15) is 15.4 Å². The fraction of sp³-hybridized carbons (Fsp3) is 0.333. The number of benzene rings is 1. The summed E-state index contributed by atoms with van der Waals surface area (Å²) in [5, 5.41) is 10.5. The second-order valence-electron chi connectivity index (χ2n) is 2.79. The zero-order valence-corrected chi connectivity index (χ0v) is 7.86. The number of para-hydroxylation sites is 1. The molecule has 0 bridgehead atoms. The summed E-state index contributed by atoms with van der Waals surface area (Å²) in [5.41, 5.74) is 1.56. The van der Waals surface area contributed by atoms with Crippen molar-refractivity contribution < 1.29 is 9.47 Å². The van der Waals surface area contributed by atoms with E-state index in [-0.39, 0.29) is 0 Å². The van der Waals surface area contributed by atoms with Gasteiger partial charge in [0.2, 0.25) is 0 Å². The number of methoxy groups -OCH3 is 1. The quantitative estimate of drug-likeness (QED) is 0.735. The van der Waals surface area contributed by atoms with Gasteiger partial charge in [-0.25, -0.2) is 0 Å². The molecule has 1 aromatic carbocycles. The van der Waals surface area contributed by atoms with Crippen molar-refractivity contribution in [1.29, 1.82) is 0 Å². The van der Waals surface area contributed by atoms with Crippen LogP contribution in [0.2, 0.25) is 0 Å². The minimum absolute atomic E-state index is 0.516. The van der Waals surface area contributed by atoms with E-state index in [1.165, 1.54) is 0 Å². The van der Waals surface area contributed by atoms with Gasteiger partial charge < -0.3 is 9.47 Å². The lowest BCUT2D eigenvalue weighted by Gasteiger charge is -2.04. The summed E-state index contributed by atoms with van der Waals surface area (Å²) >= 11 is 0. The Bertz CT molecular complexity index is 413. The minimum Gasteiger partial charge on any atom is -0.489 e. The number of hydrogen-bond donors (Lipinski definition) is 1. The maximum atomic E-state index is 5.47. The van der Waals surface area contributed by atoms with Crippen LogP contribution in [-0.2, 0) is 4.74 Å². The first-order valence-electron chi connectivity index (χ1n) is 4.33. The second-order valence-corrected chi connectivity index (χ2v) is 2.79. The van der Waals surface area contributed by atoms with Crippen LogP contribution in [0.1, 0.15) is 0 Å². The summed E-state index contributed by atoms with van der Waals surface area (Å²) in [4.78, 5) is 0. The predicted octanol–water partition coefficient (Wildman–Crippen LogP) is 0.983. The van der Waals surface area contributed by atoms with Gasteiger partial charge in [0, 0.05) is 7.11 Å². The molecule has 14 heavy (non-hydrogen) atoms. The molecule has 0 aliphatic rings. The summed E-state index contributed by atoms with van der Waals surface area (Å²) < 4.78 is 10.4. The normalized spacial score (nSPS) is 10.6. The Kier molecular flexibility index (Phi) is 2.60. The van der Waals surface area contributed by atoms with Gasteiger partial charge in [0.05, 0.1) is 6.61 Å². The average Bonchev–Trinajstić information content (AvgIpc) is 2.67. The van der Waals surface area contributed by atoms with Crippen LogP contribution >= 0.6 is 0 Å². The van der Waals surface area contributed by atoms with E-state index in [4.69, 9.17) is 9.47 Å². The lowest BCUT2D eigenvalue weighted by Crippen LogP contribution is -2.04. The molecule has 74 valence electrons. The van der Waals surface area contributed by atoms with E-state index >= 15 is 0 Å². The zero-order valence-electron chi connectivity index (χ0n) is 7.86. The number of fused-ring (bicyclic) bond motifs is 1. The van der Waals surface area contributed by atoms with Crippen molar-refractivity contribution in [3.05, 3.63) is 18.2 Å². The van der Waals surface area contributed by atoms with E-state index in [1.807, 2.05) is 18.2 Å². The Morgan fingerprint density at radius 3 is 3.07 bits per heavy atom. The molecule has 0 spiro atoms. The van der Waals surface area contributed by atoms with E-state index in [9.17, 15) is 0 Å². The van der Waals surface area contributed by atoms with Gasteiger partial charge in [-0.1, -0.05) is 6.07 Å². The van der Waals surface area contributed by atoms with Gasteiger partial charge in [0.25, 0.3) is 0 Å². The van der Waals surface area contributed by atoms with Crippen molar-refractivity contribution >= 4 is 11.0 Å². The molecule has 0 amide bonds. The molecule has 0 unspecified atom stereocenters. The Labute approximate surface area is 81.0 Å². The van der Waals surface area contributed by atoms with E-state index < -0.39 is 0 Å². The SMILES string of the molecule is COCCOc1cccc2n[nH]nc12. The highest BCUT2D eigenvalue weighted by atomic mass is 16.5. The molecule has 1 N–H and O–H groups in total. The number of nitrogens with one attached hydrogen (secondary N) is 1. The topological polar surface area (TPSA) is 60.0 Å². The molecule has 2 aromatic rings. The lowest BCUT2D eigenvalue weighted by atomic mass is 10.3. The van der Waals surface area contributed by atoms with Crippen molar-refractivity contribution in [2.75, 3.05) is 20.3 Å². The number of aromatic nitrogens is 3. The van der Waals surface area contributed by atoms with Crippen molar-refractivity contribution in [2.24, 2.45) is 0 Å². The first-order valence-corrected chi connectivity index (χ1v) is 4.33. The van der Waals surface area contributed by atoms with Crippen LogP contribution in [0.4, 0.5) is 0 Å². The third-order valence-corrected chi connectivity index (χ3v) is 1.85. The minimum atomic E-state index is 0.516. The monoisotopic (exact) mass is 193 g/mol. The van der Waals surface area contributed by atoms with Crippen LogP contribution < -0.4 is 4.74 Å². The first-order chi connectivity index (χ1) is 6.92. The van der Waals surface area contributed by atoms with Gasteiger partial charge in [0.1, 0.15) is 17.9 Å². The van der Waals surface area contributed by atoms with Crippen LogP contribution in [0.3, 0.4) is 0 Å². The average molecular weight is 193 g/mol. The summed E-state index contributed by atoms with van der Waals surface area (Å²) in [6.45, 7) is 1.08. The van der Waals surface area contributed by atoms with E-state index in [1.54, 1.807) is 7.11 Å². The van der Waals surface area contributed by atoms with Gasteiger partial charge in [0.15, 0.2) is 5.52 Å². The second kappa shape index (κ2) is 4.06. The molecule has 1 aromatic heterocycles. The molecule has 0 saturated carbocycles. The largest absolute Gasteiger partial charge is 0.489 e. The Morgan fingerprint density at radius 1 is 1.29 bits per heavy atom. The van der Waals surface area contributed by atoms with Crippen LogP contribution in [0.25, 0.3) is 11.0 Å². The maximum Gasteiger partial charge on any atom is 0.154 e. The Morgan fingerprint density at radius 2 is 2.21 bits per heavy atom. The molecule has 0 radical (unpaired) electrons. The van der Waals surface area contributed by atoms with Crippen molar-refractivity contribution in [3.8, 4) is 5.75 Å². The molecule has 5 nitrogen and oxygen atoms in total. The van der Waals surface area contributed by atoms with E-state index in [0.29, 0.717) is 13.2 Å². The van der Waals surface area contributed by atoms with Crippen molar-refractivity contribution in [3.63, 3.8) is 0 Å². The fourth-order valence-electron chi connectivity index (χ4n) is 1.19. The van der Waals surface area contributed by atoms with Crippen LogP contribution in [0.5, 0.6) is 5.75 Å². The third kappa shape index (κ3) is 1.67. The standard InChI is InChI=1S/C9H11N3O2/c1-13-5-6-14-8-4-2-3-7-9(8)11-12-10-7/h2-4H,5-6H2,1H3,(H,10,11,12). The number of ether oxygens (including phenoxy) is 2. The molecular formula is C9H11N3O2. The highest BCUT2D eigenvalue weighted by Gasteiger charge is 2.04. The maximum absolute atomic E-state index is 5.47. The molecule has 0 atom stereocenters. The van der Waals surface area contributed by atoms with E-state index in [0.717, 1.165) is 16.8 Å². The smallest absolute Gasteiger partial charge is 0.154 e. The van der Waals surface area contributed by atoms with Gasteiger partial charge in [-0.05, 0) is 12.1 Å². The molecular weight excluding hydrogens is 182 g/mol. The van der Waals surface area contributed by atoms with Gasteiger partial charge >= 0.3 is 0 Å². The summed E-state index contributed by atoms with van der Waals surface area (Å²) in [5.74, 6) is 0.730. The predicted molar refractivity (Wildman–Crippen MR) is 51.3 cm³/mol. The molecule has 0 saturated heterocycles. The van der Waals surface area contributed by atoms with Gasteiger partial charge in [-0.3, -0.25) is 0 Å². The van der Waals surface area contributed by atoms with Crippen LogP contribution in [0.15, 0.2) is 18.2 Å². The summed E-state index contributed by atoms with van der Waals surface area (Å²) in [7, 11) is 1.64.